The second-order valence-corrected chi connectivity index (χ2v) is 9.47. The van der Waals surface area contributed by atoms with Crippen molar-refractivity contribution in [2.75, 3.05) is 0 Å². The van der Waals surface area contributed by atoms with Gasteiger partial charge in [0.15, 0.2) is 0 Å². The van der Waals surface area contributed by atoms with Crippen molar-refractivity contribution in [3.8, 4) is 5.75 Å². The Morgan fingerprint density at radius 3 is 2.61 bits per heavy atom. The van der Waals surface area contributed by atoms with Gasteiger partial charge in [0.05, 0.1) is 22.0 Å². The Labute approximate surface area is 216 Å². The van der Waals surface area contributed by atoms with Gasteiger partial charge in [-0.3, -0.25) is 14.9 Å². The van der Waals surface area contributed by atoms with Crippen LogP contribution in [0.3, 0.4) is 0 Å². The van der Waals surface area contributed by atoms with Crippen LogP contribution in [0.4, 0.5) is 5.69 Å². The van der Waals surface area contributed by atoms with Crippen molar-refractivity contribution in [1.29, 1.82) is 0 Å². The van der Waals surface area contributed by atoms with E-state index < -0.39 is 4.92 Å². The number of hydrogen-bond donors (Lipinski definition) is 0. The number of aromatic nitrogens is 2. The van der Waals surface area contributed by atoms with Gasteiger partial charge in [0.25, 0.3) is 11.2 Å². The highest BCUT2D eigenvalue weighted by molar-refractivity contribution is 9.10. The Morgan fingerprint density at radius 2 is 1.92 bits per heavy atom. The standard InChI is InChI=1S/C27H25BrN4O4/c1-4-18(3)26-30-24-11-9-21(28)14-23(24)27(33)31(26)29-15-20-13-22(32(34)35)10-12-25(20)36-16-19-7-5-17(2)6-8-19/h5-15,18H,4,16H2,1-3H3/t18-/m0/s1. The Balaban J connectivity index is 1.78. The molecule has 8 nitrogen and oxygen atoms in total. The Kier molecular flexibility index (Phi) is 7.59. The first-order chi connectivity index (χ1) is 17.3. The Bertz CT molecular complexity index is 1510. The number of rotatable bonds is 8. The lowest BCUT2D eigenvalue weighted by atomic mass is 10.1. The van der Waals surface area contributed by atoms with Gasteiger partial charge in [-0.1, -0.05) is 59.6 Å². The summed E-state index contributed by atoms with van der Waals surface area (Å²) >= 11 is 3.40. The van der Waals surface area contributed by atoms with Crippen molar-refractivity contribution in [2.45, 2.75) is 39.7 Å². The number of nitro groups is 1. The van der Waals surface area contributed by atoms with Crippen LogP contribution in [0.1, 0.15) is 48.7 Å². The lowest BCUT2D eigenvalue weighted by Crippen LogP contribution is -2.23. The fourth-order valence-electron chi connectivity index (χ4n) is 3.63. The summed E-state index contributed by atoms with van der Waals surface area (Å²) in [6, 6.07) is 17.6. The van der Waals surface area contributed by atoms with Crippen LogP contribution >= 0.6 is 15.9 Å². The molecule has 0 saturated heterocycles. The molecule has 3 aromatic carbocycles. The average Bonchev–Trinajstić information content (AvgIpc) is 2.87. The van der Waals surface area contributed by atoms with E-state index in [-0.39, 0.29) is 23.8 Å². The molecule has 36 heavy (non-hydrogen) atoms. The molecule has 0 fully saturated rings. The third kappa shape index (κ3) is 5.52. The van der Waals surface area contributed by atoms with Crippen molar-refractivity contribution < 1.29 is 9.66 Å². The second-order valence-electron chi connectivity index (χ2n) is 8.56. The molecular formula is C27H25BrN4O4. The SMILES string of the molecule is CC[C@H](C)c1nc2ccc(Br)cc2c(=O)n1N=Cc1cc([N+](=O)[O-])ccc1OCc1ccc(C)cc1. The molecule has 0 aliphatic rings. The van der Waals surface area contributed by atoms with Gasteiger partial charge >= 0.3 is 0 Å². The van der Waals surface area contributed by atoms with Gasteiger partial charge in [-0.2, -0.15) is 9.78 Å². The first kappa shape index (κ1) is 25.2. The van der Waals surface area contributed by atoms with Crippen molar-refractivity contribution in [2.24, 2.45) is 5.10 Å². The zero-order valence-electron chi connectivity index (χ0n) is 20.1. The van der Waals surface area contributed by atoms with Crippen molar-refractivity contribution in [1.82, 2.24) is 9.66 Å². The number of non-ortho nitro benzene ring substituents is 1. The quantitative estimate of drug-likeness (QED) is 0.145. The van der Waals surface area contributed by atoms with E-state index in [9.17, 15) is 14.9 Å². The summed E-state index contributed by atoms with van der Waals surface area (Å²) in [6.07, 6.45) is 2.17. The van der Waals surface area contributed by atoms with Crippen molar-refractivity contribution >= 4 is 38.7 Å². The molecule has 1 aromatic heterocycles. The highest BCUT2D eigenvalue weighted by atomic mass is 79.9. The molecule has 0 bridgehead atoms. The first-order valence-corrected chi connectivity index (χ1v) is 12.3. The number of ether oxygens (including phenoxy) is 1. The summed E-state index contributed by atoms with van der Waals surface area (Å²) in [7, 11) is 0. The Hall–Kier alpha value is -3.85. The summed E-state index contributed by atoms with van der Waals surface area (Å²) in [6.45, 7) is 6.27. The fourth-order valence-corrected chi connectivity index (χ4v) is 3.99. The molecule has 9 heteroatoms. The van der Waals surface area contributed by atoms with E-state index in [1.165, 1.54) is 23.0 Å². The second kappa shape index (κ2) is 10.8. The van der Waals surface area contributed by atoms with E-state index in [1.807, 2.05) is 51.1 Å². The number of halogens is 1. The maximum atomic E-state index is 13.4. The fraction of sp³-hybridized carbons (Fsp3) is 0.222. The third-order valence-electron chi connectivity index (χ3n) is 5.92. The average molecular weight is 549 g/mol. The van der Waals surface area contributed by atoms with Crippen molar-refractivity contribution in [3.63, 3.8) is 0 Å². The van der Waals surface area contributed by atoms with Crippen LogP contribution in [-0.4, -0.2) is 20.8 Å². The minimum Gasteiger partial charge on any atom is -0.488 e. The normalized spacial score (nSPS) is 12.2. The smallest absolute Gasteiger partial charge is 0.282 e. The maximum Gasteiger partial charge on any atom is 0.282 e. The van der Waals surface area contributed by atoms with Gasteiger partial charge in [0.2, 0.25) is 0 Å². The minimum absolute atomic E-state index is 0.0368. The van der Waals surface area contributed by atoms with Gasteiger partial charge in [0.1, 0.15) is 18.2 Å². The van der Waals surface area contributed by atoms with E-state index in [4.69, 9.17) is 9.72 Å². The number of fused-ring (bicyclic) bond motifs is 1. The minimum atomic E-state index is -0.479. The molecular weight excluding hydrogens is 524 g/mol. The zero-order valence-corrected chi connectivity index (χ0v) is 21.7. The third-order valence-corrected chi connectivity index (χ3v) is 6.41. The molecule has 0 spiro atoms. The number of hydrogen-bond acceptors (Lipinski definition) is 6. The topological polar surface area (TPSA) is 99.6 Å². The van der Waals surface area contributed by atoms with E-state index in [2.05, 4.69) is 21.0 Å². The molecule has 0 N–H and O–H groups in total. The molecule has 0 radical (unpaired) electrons. The van der Waals surface area contributed by atoms with Crippen LogP contribution in [0.5, 0.6) is 5.75 Å². The van der Waals surface area contributed by atoms with Crippen LogP contribution in [0.25, 0.3) is 10.9 Å². The van der Waals surface area contributed by atoms with E-state index in [1.54, 1.807) is 18.2 Å². The molecule has 4 rings (SSSR count). The van der Waals surface area contributed by atoms with Crippen LogP contribution in [0.15, 0.2) is 75.0 Å². The first-order valence-electron chi connectivity index (χ1n) is 11.5. The molecule has 0 aliphatic heterocycles. The number of aryl methyl sites for hydroxylation is 1. The van der Waals surface area contributed by atoms with Crippen LogP contribution in [0.2, 0.25) is 0 Å². The van der Waals surface area contributed by atoms with E-state index >= 15 is 0 Å². The number of benzene rings is 3. The van der Waals surface area contributed by atoms with E-state index in [0.717, 1.165) is 22.0 Å². The molecule has 4 aromatic rings. The molecule has 1 heterocycles. The molecule has 0 aliphatic carbocycles. The highest BCUT2D eigenvalue weighted by Crippen LogP contribution is 2.25. The van der Waals surface area contributed by atoms with Crippen LogP contribution in [-0.2, 0) is 6.61 Å². The largest absolute Gasteiger partial charge is 0.488 e. The van der Waals surface area contributed by atoms with Gasteiger partial charge in [-0.15, -0.1) is 0 Å². The van der Waals surface area contributed by atoms with Gasteiger partial charge in [-0.05, 0) is 43.2 Å². The highest BCUT2D eigenvalue weighted by Gasteiger charge is 2.17. The van der Waals surface area contributed by atoms with Crippen LogP contribution in [0, 0.1) is 17.0 Å². The van der Waals surface area contributed by atoms with E-state index in [0.29, 0.717) is 28.0 Å². The van der Waals surface area contributed by atoms with Gasteiger partial charge in [-0.25, -0.2) is 4.98 Å². The maximum absolute atomic E-state index is 13.4. The molecule has 0 saturated carbocycles. The summed E-state index contributed by atoms with van der Waals surface area (Å²) in [4.78, 5) is 29.0. The molecule has 1 atom stereocenters. The molecule has 184 valence electrons. The Morgan fingerprint density at radius 1 is 1.17 bits per heavy atom. The lowest BCUT2D eigenvalue weighted by Gasteiger charge is -2.14. The summed E-state index contributed by atoms with van der Waals surface area (Å²) in [5.41, 5.74) is 2.64. The number of nitro benzene ring substituents is 1. The zero-order chi connectivity index (χ0) is 25.8. The predicted molar refractivity (Wildman–Crippen MR) is 144 cm³/mol. The summed E-state index contributed by atoms with van der Waals surface area (Å²) in [5, 5.41) is 16.3. The molecule has 0 amide bonds. The van der Waals surface area contributed by atoms with Gasteiger partial charge in [0, 0.05) is 28.1 Å². The predicted octanol–water partition coefficient (Wildman–Crippen LogP) is 6.35. The van der Waals surface area contributed by atoms with Gasteiger partial charge < -0.3 is 4.74 Å². The van der Waals surface area contributed by atoms with Crippen LogP contribution < -0.4 is 10.3 Å². The van der Waals surface area contributed by atoms with Crippen molar-refractivity contribution in [3.05, 3.63) is 108 Å². The summed E-state index contributed by atoms with van der Waals surface area (Å²) in [5.74, 6) is 0.894. The summed E-state index contributed by atoms with van der Waals surface area (Å²) < 4.78 is 8.00. The number of nitrogens with zero attached hydrogens (tertiary/aromatic N) is 4. The lowest BCUT2D eigenvalue weighted by molar-refractivity contribution is -0.384. The molecule has 0 unspecified atom stereocenters. The monoisotopic (exact) mass is 548 g/mol.